The largest absolute Gasteiger partial charge is 0.372 e. The van der Waals surface area contributed by atoms with Crippen molar-refractivity contribution in [3.63, 3.8) is 0 Å². The van der Waals surface area contributed by atoms with Gasteiger partial charge >= 0.3 is 0 Å². The Bertz CT molecular complexity index is 326. The SMILES string of the molecule is CNCC1OCCCCc2sc(F)cc21. The molecule has 1 N–H and O–H groups in total. The number of thiophene rings is 1. The number of nitrogens with one attached hydrogen (secondary N) is 1. The van der Waals surface area contributed by atoms with Crippen LogP contribution in [0.15, 0.2) is 6.07 Å². The molecule has 1 aromatic heterocycles. The normalized spacial score (nSPS) is 21.9. The summed E-state index contributed by atoms with van der Waals surface area (Å²) < 4.78 is 19.0. The van der Waals surface area contributed by atoms with E-state index in [2.05, 4.69) is 5.32 Å². The smallest absolute Gasteiger partial charge is 0.177 e. The minimum Gasteiger partial charge on any atom is -0.372 e. The van der Waals surface area contributed by atoms with E-state index in [9.17, 15) is 4.39 Å². The molecule has 0 aliphatic carbocycles. The summed E-state index contributed by atoms with van der Waals surface area (Å²) in [6, 6.07) is 1.63. The molecule has 15 heavy (non-hydrogen) atoms. The Morgan fingerprint density at radius 3 is 3.27 bits per heavy atom. The fourth-order valence-corrected chi connectivity index (χ4v) is 2.91. The minimum absolute atomic E-state index is 0.0195. The number of fused-ring (bicyclic) bond motifs is 1. The number of likely N-dealkylation sites (N-methyl/N-ethyl adjacent to an activating group) is 1. The average molecular weight is 229 g/mol. The Kier molecular flexibility index (Phi) is 3.72. The third-order valence-electron chi connectivity index (χ3n) is 2.67. The van der Waals surface area contributed by atoms with Crippen molar-refractivity contribution in [2.75, 3.05) is 20.2 Å². The molecule has 0 saturated heterocycles. The lowest BCUT2D eigenvalue weighted by Crippen LogP contribution is -2.21. The number of hydrogen-bond acceptors (Lipinski definition) is 3. The molecular formula is C11H16FNOS. The molecule has 1 aliphatic heterocycles. The van der Waals surface area contributed by atoms with E-state index in [0.29, 0.717) is 0 Å². The maximum atomic E-state index is 13.2. The molecule has 2 heterocycles. The van der Waals surface area contributed by atoms with E-state index < -0.39 is 0 Å². The van der Waals surface area contributed by atoms with Crippen LogP contribution in [0.2, 0.25) is 0 Å². The lowest BCUT2D eigenvalue weighted by atomic mass is 10.1. The van der Waals surface area contributed by atoms with Crippen LogP contribution in [-0.4, -0.2) is 20.2 Å². The van der Waals surface area contributed by atoms with Crippen molar-refractivity contribution in [2.45, 2.75) is 25.4 Å². The van der Waals surface area contributed by atoms with Crippen molar-refractivity contribution in [3.8, 4) is 0 Å². The van der Waals surface area contributed by atoms with Crippen molar-refractivity contribution in [1.29, 1.82) is 0 Å². The van der Waals surface area contributed by atoms with E-state index >= 15 is 0 Å². The molecule has 1 aliphatic rings. The van der Waals surface area contributed by atoms with Crippen molar-refractivity contribution < 1.29 is 9.13 Å². The van der Waals surface area contributed by atoms with Gasteiger partial charge in [0.05, 0.1) is 6.10 Å². The third-order valence-corrected chi connectivity index (χ3v) is 3.66. The van der Waals surface area contributed by atoms with Crippen molar-refractivity contribution in [2.24, 2.45) is 0 Å². The molecule has 2 rings (SSSR count). The highest BCUT2D eigenvalue weighted by Crippen LogP contribution is 2.31. The Morgan fingerprint density at radius 2 is 2.47 bits per heavy atom. The summed E-state index contributed by atoms with van der Waals surface area (Å²) in [5.74, 6) is 0. The van der Waals surface area contributed by atoms with Crippen LogP contribution >= 0.6 is 11.3 Å². The van der Waals surface area contributed by atoms with Crippen molar-refractivity contribution in [3.05, 3.63) is 21.6 Å². The summed E-state index contributed by atoms with van der Waals surface area (Å²) in [6.45, 7) is 1.53. The van der Waals surface area contributed by atoms with E-state index in [-0.39, 0.29) is 11.2 Å². The molecule has 0 fully saturated rings. The molecule has 2 nitrogen and oxygen atoms in total. The minimum atomic E-state index is -0.0911. The van der Waals surface area contributed by atoms with Crippen LogP contribution in [0.25, 0.3) is 0 Å². The second-order valence-corrected chi connectivity index (χ2v) is 4.89. The summed E-state index contributed by atoms with van der Waals surface area (Å²) in [6.07, 6.45) is 3.18. The van der Waals surface area contributed by atoms with Gasteiger partial charge in [-0.15, -0.1) is 11.3 Å². The molecule has 4 heteroatoms. The maximum absolute atomic E-state index is 13.2. The standard InChI is InChI=1S/C11H16FNOS/c1-13-7-9-8-6-11(12)15-10(8)4-2-3-5-14-9/h6,9,13H,2-5,7H2,1H3. The molecule has 0 bridgehead atoms. The summed E-state index contributed by atoms with van der Waals surface area (Å²) in [5.41, 5.74) is 1.05. The molecule has 0 spiro atoms. The molecule has 1 aromatic rings. The van der Waals surface area contributed by atoms with Crippen LogP contribution in [0.1, 0.15) is 29.4 Å². The van der Waals surface area contributed by atoms with Crippen LogP contribution in [0, 0.1) is 5.13 Å². The first-order valence-electron chi connectivity index (χ1n) is 5.35. The third kappa shape index (κ3) is 2.56. The number of rotatable bonds is 2. The Labute approximate surface area is 93.4 Å². The molecule has 84 valence electrons. The van der Waals surface area contributed by atoms with Crippen LogP contribution in [-0.2, 0) is 11.2 Å². The van der Waals surface area contributed by atoms with Crippen LogP contribution < -0.4 is 5.32 Å². The summed E-state index contributed by atoms with van der Waals surface area (Å²) >= 11 is 1.27. The topological polar surface area (TPSA) is 21.3 Å². The molecular weight excluding hydrogens is 213 g/mol. The van der Waals surface area contributed by atoms with Gasteiger partial charge in [0.15, 0.2) is 5.13 Å². The molecule has 0 radical (unpaired) electrons. The van der Waals surface area contributed by atoms with Crippen molar-refractivity contribution >= 4 is 11.3 Å². The summed E-state index contributed by atoms with van der Waals surface area (Å²) in [4.78, 5) is 1.16. The number of halogens is 1. The number of aryl methyl sites for hydroxylation is 1. The van der Waals surface area contributed by atoms with Gasteiger partial charge in [-0.1, -0.05) is 0 Å². The fourth-order valence-electron chi connectivity index (χ4n) is 1.93. The Morgan fingerprint density at radius 1 is 1.60 bits per heavy atom. The van der Waals surface area contributed by atoms with E-state index in [1.54, 1.807) is 6.07 Å². The quantitative estimate of drug-likeness (QED) is 0.841. The van der Waals surface area contributed by atoms with E-state index in [1.807, 2.05) is 7.05 Å². The highest BCUT2D eigenvalue weighted by molar-refractivity contribution is 7.10. The van der Waals surface area contributed by atoms with Crippen LogP contribution in [0.5, 0.6) is 0 Å². The second kappa shape index (κ2) is 5.05. The van der Waals surface area contributed by atoms with Gasteiger partial charge in [0.2, 0.25) is 0 Å². The van der Waals surface area contributed by atoms with Gasteiger partial charge in [0, 0.05) is 18.0 Å². The molecule has 0 saturated carbocycles. The fraction of sp³-hybridized carbons (Fsp3) is 0.636. The average Bonchev–Trinajstić information content (AvgIpc) is 2.54. The summed E-state index contributed by atoms with van der Waals surface area (Å²) in [7, 11) is 1.89. The van der Waals surface area contributed by atoms with Gasteiger partial charge in [-0.2, -0.15) is 4.39 Å². The first-order valence-corrected chi connectivity index (χ1v) is 6.17. The molecule has 1 atom stereocenters. The first kappa shape index (κ1) is 11.0. The molecule has 0 aromatic carbocycles. The zero-order valence-corrected chi connectivity index (χ0v) is 9.70. The van der Waals surface area contributed by atoms with Crippen molar-refractivity contribution in [1.82, 2.24) is 5.32 Å². The maximum Gasteiger partial charge on any atom is 0.177 e. The van der Waals surface area contributed by atoms with Gasteiger partial charge in [-0.3, -0.25) is 0 Å². The lowest BCUT2D eigenvalue weighted by Gasteiger charge is -2.20. The number of ether oxygens (including phenoxy) is 1. The van der Waals surface area contributed by atoms with Gasteiger partial charge in [-0.05, 0) is 37.9 Å². The first-order chi connectivity index (χ1) is 7.31. The van der Waals surface area contributed by atoms with Gasteiger partial charge < -0.3 is 10.1 Å². The van der Waals surface area contributed by atoms with Gasteiger partial charge in [0.25, 0.3) is 0 Å². The predicted octanol–water partition coefficient (Wildman–Crippen LogP) is 2.50. The zero-order valence-electron chi connectivity index (χ0n) is 8.88. The monoisotopic (exact) mass is 229 g/mol. The zero-order chi connectivity index (χ0) is 10.7. The lowest BCUT2D eigenvalue weighted by molar-refractivity contribution is 0.0482. The van der Waals surface area contributed by atoms with Crippen LogP contribution in [0.3, 0.4) is 0 Å². The van der Waals surface area contributed by atoms with E-state index in [4.69, 9.17) is 4.74 Å². The Balaban J connectivity index is 2.25. The van der Waals surface area contributed by atoms with E-state index in [0.717, 1.165) is 42.9 Å². The highest BCUT2D eigenvalue weighted by atomic mass is 32.1. The van der Waals surface area contributed by atoms with Crippen LogP contribution in [0.4, 0.5) is 4.39 Å². The molecule has 0 amide bonds. The van der Waals surface area contributed by atoms with Gasteiger partial charge in [0.1, 0.15) is 0 Å². The molecule has 1 unspecified atom stereocenters. The predicted molar refractivity (Wildman–Crippen MR) is 59.8 cm³/mol. The second-order valence-electron chi connectivity index (χ2n) is 3.80. The van der Waals surface area contributed by atoms with E-state index in [1.165, 1.54) is 11.3 Å². The Hall–Kier alpha value is -0.450. The summed E-state index contributed by atoms with van der Waals surface area (Å²) in [5, 5.41) is 3.00. The number of hydrogen-bond donors (Lipinski definition) is 1. The van der Waals surface area contributed by atoms with Gasteiger partial charge in [-0.25, -0.2) is 0 Å². The highest BCUT2D eigenvalue weighted by Gasteiger charge is 2.20.